The first-order chi connectivity index (χ1) is 9.22. The van der Waals surface area contributed by atoms with E-state index < -0.39 is 0 Å². The van der Waals surface area contributed by atoms with E-state index in [0.717, 1.165) is 50.5 Å². The van der Waals surface area contributed by atoms with Gasteiger partial charge in [-0.25, -0.2) is 9.97 Å². The molecule has 1 saturated heterocycles. The maximum atomic E-state index is 6.02. The molecule has 0 radical (unpaired) electrons. The van der Waals surface area contributed by atoms with Gasteiger partial charge in [-0.1, -0.05) is 25.4 Å². The van der Waals surface area contributed by atoms with E-state index in [1.54, 1.807) is 6.07 Å². The molecule has 2 rings (SSSR count). The van der Waals surface area contributed by atoms with Crippen molar-refractivity contribution in [1.82, 2.24) is 9.97 Å². The minimum atomic E-state index is 0.375. The molecular formula is C14H22ClN3O. The van der Waals surface area contributed by atoms with E-state index in [4.69, 9.17) is 16.3 Å². The van der Waals surface area contributed by atoms with Crippen LogP contribution in [0.2, 0.25) is 5.15 Å². The van der Waals surface area contributed by atoms with Crippen LogP contribution in [0, 0.1) is 5.92 Å². The average molecular weight is 284 g/mol. The van der Waals surface area contributed by atoms with Gasteiger partial charge in [0.1, 0.15) is 16.8 Å². The number of hydrogen-bond donors (Lipinski definition) is 1. The van der Waals surface area contributed by atoms with Crippen molar-refractivity contribution in [2.45, 2.75) is 45.6 Å². The van der Waals surface area contributed by atoms with Crippen molar-refractivity contribution in [2.24, 2.45) is 5.92 Å². The van der Waals surface area contributed by atoms with Gasteiger partial charge in [0.15, 0.2) is 0 Å². The van der Waals surface area contributed by atoms with Crippen LogP contribution in [0.3, 0.4) is 0 Å². The lowest BCUT2D eigenvalue weighted by Crippen LogP contribution is -2.23. The summed E-state index contributed by atoms with van der Waals surface area (Å²) in [6.45, 7) is 6.04. The molecule has 0 spiro atoms. The monoisotopic (exact) mass is 283 g/mol. The highest BCUT2D eigenvalue weighted by Gasteiger charge is 2.26. The second-order valence-electron chi connectivity index (χ2n) is 4.99. The second-order valence-corrected chi connectivity index (χ2v) is 5.38. The molecule has 19 heavy (non-hydrogen) atoms. The Morgan fingerprint density at radius 2 is 2.26 bits per heavy atom. The Hall–Kier alpha value is -0.870. The summed E-state index contributed by atoms with van der Waals surface area (Å²) < 4.78 is 5.69. The van der Waals surface area contributed by atoms with Gasteiger partial charge < -0.3 is 10.1 Å². The predicted molar refractivity (Wildman–Crippen MR) is 77.7 cm³/mol. The van der Waals surface area contributed by atoms with Gasteiger partial charge in [0.05, 0.1) is 6.10 Å². The standard InChI is InChI=1S/C14H22ClN3O/c1-3-5-13-17-12(15)8-14(18-13)16-9-10-6-7-19-11(10)4-2/h8,10-11H,3-7,9H2,1-2H3,(H,16,17,18). The molecule has 0 aliphatic carbocycles. The number of nitrogens with one attached hydrogen (secondary N) is 1. The molecule has 0 saturated carbocycles. The highest BCUT2D eigenvalue weighted by molar-refractivity contribution is 6.29. The van der Waals surface area contributed by atoms with E-state index in [1.165, 1.54) is 0 Å². The van der Waals surface area contributed by atoms with E-state index in [9.17, 15) is 0 Å². The zero-order valence-corrected chi connectivity index (χ0v) is 12.4. The molecule has 1 aromatic heterocycles. The summed E-state index contributed by atoms with van der Waals surface area (Å²) in [7, 11) is 0. The van der Waals surface area contributed by atoms with Crippen molar-refractivity contribution in [3.05, 3.63) is 17.0 Å². The average Bonchev–Trinajstić information content (AvgIpc) is 2.83. The number of aryl methyl sites for hydroxylation is 1. The molecule has 1 fully saturated rings. The van der Waals surface area contributed by atoms with E-state index in [1.807, 2.05) is 0 Å². The fourth-order valence-electron chi connectivity index (χ4n) is 2.50. The van der Waals surface area contributed by atoms with Crippen molar-refractivity contribution in [1.29, 1.82) is 0 Å². The summed E-state index contributed by atoms with van der Waals surface area (Å²) in [4.78, 5) is 8.71. The topological polar surface area (TPSA) is 47.0 Å². The lowest BCUT2D eigenvalue weighted by atomic mass is 10.00. The Morgan fingerprint density at radius 3 is 3.00 bits per heavy atom. The Balaban J connectivity index is 1.95. The third kappa shape index (κ3) is 4.05. The molecule has 0 amide bonds. The normalized spacial score (nSPS) is 22.7. The van der Waals surface area contributed by atoms with Gasteiger partial charge in [0.2, 0.25) is 0 Å². The number of halogens is 1. The Morgan fingerprint density at radius 1 is 1.42 bits per heavy atom. The zero-order chi connectivity index (χ0) is 13.7. The number of hydrogen-bond acceptors (Lipinski definition) is 4. The number of nitrogens with zero attached hydrogens (tertiary/aromatic N) is 2. The first-order valence-electron chi connectivity index (χ1n) is 7.11. The molecule has 5 heteroatoms. The van der Waals surface area contributed by atoms with Gasteiger partial charge in [0, 0.05) is 31.6 Å². The maximum Gasteiger partial charge on any atom is 0.134 e. The number of aromatic nitrogens is 2. The zero-order valence-electron chi connectivity index (χ0n) is 11.7. The van der Waals surface area contributed by atoms with Gasteiger partial charge in [0.25, 0.3) is 0 Å². The van der Waals surface area contributed by atoms with Crippen LogP contribution < -0.4 is 5.32 Å². The summed E-state index contributed by atoms with van der Waals surface area (Å²) in [6, 6.07) is 1.79. The van der Waals surface area contributed by atoms with Crippen LogP contribution in [0.15, 0.2) is 6.07 Å². The van der Waals surface area contributed by atoms with Crippen molar-refractivity contribution in [3.63, 3.8) is 0 Å². The van der Waals surface area contributed by atoms with Gasteiger partial charge in [-0.2, -0.15) is 0 Å². The molecule has 1 aromatic rings. The fraction of sp³-hybridized carbons (Fsp3) is 0.714. The predicted octanol–water partition coefficient (Wildman–Crippen LogP) is 3.31. The summed E-state index contributed by atoms with van der Waals surface area (Å²) in [5.41, 5.74) is 0. The van der Waals surface area contributed by atoms with E-state index in [-0.39, 0.29) is 0 Å². The van der Waals surface area contributed by atoms with E-state index in [0.29, 0.717) is 17.2 Å². The molecular weight excluding hydrogens is 262 g/mol. The second kappa shape index (κ2) is 7.06. The Bertz CT molecular complexity index is 414. The highest BCUT2D eigenvalue weighted by atomic mass is 35.5. The van der Waals surface area contributed by atoms with Gasteiger partial charge >= 0.3 is 0 Å². The number of ether oxygens (including phenoxy) is 1. The maximum absolute atomic E-state index is 6.02. The van der Waals surface area contributed by atoms with Crippen LogP contribution in [-0.4, -0.2) is 29.2 Å². The third-order valence-corrected chi connectivity index (χ3v) is 3.70. The third-order valence-electron chi connectivity index (χ3n) is 3.51. The molecule has 1 aliphatic rings. The summed E-state index contributed by atoms with van der Waals surface area (Å²) in [5, 5.41) is 3.88. The molecule has 2 heterocycles. The quantitative estimate of drug-likeness (QED) is 0.814. The molecule has 1 aliphatic heterocycles. The molecule has 1 N–H and O–H groups in total. The van der Waals surface area contributed by atoms with Crippen LogP contribution in [0.1, 0.15) is 38.9 Å². The molecule has 4 nitrogen and oxygen atoms in total. The Kier molecular flexibility index (Phi) is 5.40. The minimum absolute atomic E-state index is 0.375. The SMILES string of the molecule is CCCc1nc(Cl)cc(NCC2CCOC2CC)n1. The largest absolute Gasteiger partial charge is 0.378 e. The van der Waals surface area contributed by atoms with E-state index in [2.05, 4.69) is 29.1 Å². The van der Waals surface area contributed by atoms with Crippen LogP contribution in [0.25, 0.3) is 0 Å². The highest BCUT2D eigenvalue weighted by Crippen LogP contribution is 2.24. The van der Waals surface area contributed by atoms with Crippen molar-refractivity contribution in [3.8, 4) is 0 Å². The molecule has 2 atom stereocenters. The Labute approximate surface area is 119 Å². The van der Waals surface area contributed by atoms with Crippen molar-refractivity contribution >= 4 is 17.4 Å². The fourth-order valence-corrected chi connectivity index (χ4v) is 2.70. The minimum Gasteiger partial charge on any atom is -0.378 e. The summed E-state index contributed by atoms with van der Waals surface area (Å²) >= 11 is 6.02. The lowest BCUT2D eigenvalue weighted by Gasteiger charge is -2.17. The first-order valence-corrected chi connectivity index (χ1v) is 7.49. The van der Waals surface area contributed by atoms with Crippen LogP contribution in [0.5, 0.6) is 0 Å². The van der Waals surface area contributed by atoms with Gasteiger partial charge in [-0.15, -0.1) is 0 Å². The molecule has 0 bridgehead atoms. The van der Waals surface area contributed by atoms with Crippen LogP contribution >= 0.6 is 11.6 Å². The molecule has 2 unspecified atom stereocenters. The number of rotatable bonds is 6. The number of anilines is 1. The smallest absolute Gasteiger partial charge is 0.134 e. The molecule has 0 aromatic carbocycles. The summed E-state index contributed by atoms with van der Waals surface area (Å²) in [5.74, 6) is 2.20. The summed E-state index contributed by atoms with van der Waals surface area (Å²) in [6.07, 6.45) is 4.44. The van der Waals surface area contributed by atoms with Crippen LogP contribution in [0.4, 0.5) is 5.82 Å². The van der Waals surface area contributed by atoms with Crippen molar-refractivity contribution in [2.75, 3.05) is 18.5 Å². The van der Waals surface area contributed by atoms with Gasteiger partial charge in [-0.05, 0) is 19.3 Å². The van der Waals surface area contributed by atoms with Crippen molar-refractivity contribution < 1.29 is 4.74 Å². The first kappa shape index (κ1) is 14.5. The lowest BCUT2D eigenvalue weighted by molar-refractivity contribution is 0.0900. The molecule has 106 valence electrons. The van der Waals surface area contributed by atoms with Crippen LogP contribution in [-0.2, 0) is 11.2 Å². The van der Waals surface area contributed by atoms with E-state index >= 15 is 0 Å². The van der Waals surface area contributed by atoms with Gasteiger partial charge in [-0.3, -0.25) is 0 Å².